The van der Waals surface area contributed by atoms with Gasteiger partial charge in [-0.2, -0.15) is 0 Å². The molecular formula is C15H18ClNO2. The van der Waals surface area contributed by atoms with Gasteiger partial charge in [0, 0.05) is 5.02 Å². The minimum atomic E-state index is -0.455. The third kappa shape index (κ3) is 2.10. The highest BCUT2D eigenvalue weighted by Gasteiger charge is 2.47. The van der Waals surface area contributed by atoms with Crippen LogP contribution < -0.4 is 0 Å². The summed E-state index contributed by atoms with van der Waals surface area (Å²) in [6, 6.07) is 6.21. The zero-order valence-electron chi connectivity index (χ0n) is 11.4. The van der Waals surface area contributed by atoms with E-state index in [2.05, 4.69) is 0 Å². The van der Waals surface area contributed by atoms with E-state index < -0.39 is 5.60 Å². The van der Waals surface area contributed by atoms with Crippen LogP contribution in [0.15, 0.2) is 18.2 Å². The second kappa shape index (κ2) is 4.14. The molecule has 102 valence electrons. The van der Waals surface area contributed by atoms with E-state index in [4.69, 9.17) is 16.3 Å². The van der Waals surface area contributed by atoms with Gasteiger partial charge < -0.3 is 4.74 Å². The average molecular weight is 280 g/mol. The minimum absolute atomic E-state index is 0.133. The van der Waals surface area contributed by atoms with Gasteiger partial charge in [0.2, 0.25) is 0 Å². The maximum atomic E-state index is 12.3. The van der Waals surface area contributed by atoms with Crippen LogP contribution in [0, 0.1) is 0 Å². The fourth-order valence-corrected chi connectivity index (χ4v) is 3.31. The van der Waals surface area contributed by atoms with Crippen LogP contribution >= 0.6 is 11.6 Å². The van der Waals surface area contributed by atoms with Gasteiger partial charge in [0.05, 0.1) is 12.1 Å². The fourth-order valence-electron chi connectivity index (χ4n) is 3.13. The SMILES string of the molecule is CC(C)(C)OC(=O)N1C2CCC1c1cc(Cl)ccc12. The first kappa shape index (κ1) is 12.8. The highest BCUT2D eigenvalue weighted by Crippen LogP contribution is 2.53. The first-order chi connectivity index (χ1) is 8.87. The Bertz CT molecular complexity index is 535. The molecule has 1 fully saturated rings. The summed E-state index contributed by atoms with van der Waals surface area (Å²) in [6.45, 7) is 5.69. The first-order valence-electron chi connectivity index (χ1n) is 6.67. The maximum absolute atomic E-state index is 12.3. The van der Waals surface area contributed by atoms with Crippen molar-refractivity contribution in [1.29, 1.82) is 0 Å². The first-order valence-corrected chi connectivity index (χ1v) is 7.05. The molecule has 2 atom stereocenters. The Morgan fingerprint density at radius 3 is 2.53 bits per heavy atom. The Balaban J connectivity index is 1.90. The number of carbonyl (C=O) groups is 1. The number of hydrogen-bond acceptors (Lipinski definition) is 2. The average Bonchev–Trinajstić information content (AvgIpc) is 2.82. The summed E-state index contributed by atoms with van der Waals surface area (Å²) in [5, 5.41) is 0.732. The van der Waals surface area contributed by atoms with Crippen molar-refractivity contribution in [3.05, 3.63) is 34.3 Å². The van der Waals surface area contributed by atoms with Crippen molar-refractivity contribution in [2.24, 2.45) is 0 Å². The molecule has 4 heteroatoms. The van der Waals surface area contributed by atoms with Crippen LogP contribution in [0.1, 0.15) is 56.8 Å². The van der Waals surface area contributed by atoms with Crippen molar-refractivity contribution >= 4 is 17.7 Å². The molecule has 2 bridgehead atoms. The Morgan fingerprint density at radius 2 is 1.89 bits per heavy atom. The fraction of sp³-hybridized carbons (Fsp3) is 0.533. The molecule has 0 aliphatic carbocycles. The quantitative estimate of drug-likeness (QED) is 0.701. The molecule has 2 aliphatic heterocycles. The zero-order chi connectivity index (χ0) is 13.8. The summed E-state index contributed by atoms with van der Waals surface area (Å²) >= 11 is 6.06. The second-order valence-corrected chi connectivity index (χ2v) is 6.71. The van der Waals surface area contributed by atoms with Crippen LogP contribution in [-0.2, 0) is 4.74 Å². The number of benzene rings is 1. The van der Waals surface area contributed by atoms with Crippen LogP contribution in [0.4, 0.5) is 4.79 Å². The lowest BCUT2D eigenvalue weighted by atomic mass is 9.92. The van der Waals surface area contributed by atoms with Gasteiger partial charge in [-0.15, -0.1) is 0 Å². The van der Waals surface area contributed by atoms with Crippen molar-refractivity contribution in [2.75, 3.05) is 0 Å². The predicted octanol–water partition coefficient (Wildman–Crippen LogP) is 4.47. The largest absolute Gasteiger partial charge is 0.444 e. The van der Waals surface area contributed by atoms with Gasteiger partial charge in [-0.05, 0) is 56.9 Å². The molecule has 0 spiro atoms. The molecule has 2 aliphatic rings. The number of rotatable bonds is 0. The molecule has 1 aromatic rings. The van der Waals surface area contributed by atoms with Gasteiger partial charge in [0.15, 0.2) is 0 Å². The molecule has 3 rings (SSSR count). The lowest BCUT2D eigenvalue weighted by molar-refractivity contribution is 0.0177. The van der Waals surface area contributed by atoms with Gasteiger partial charge in [-0.25, -0.2) is 4.79 Å². The number of fused-ring (bicyclic) bond motifs is 5. The smallest absolute Gasteiger partial charge is 0.411 e. The van der Waals surface area contributed by atoms with Gasteiger partial charge in [0.1, 0.15) is 5.60 Å². The third-order valence-corrected chi connectivity index (χ3v) is 3.99. The normalized spacial score (nSPS) is 24.5. The summed E-state index contributed by atoms with van der Waals surface area (Å²) < 4.78 is 5.52. The zero-order valence-corrected chi connectivity index (χ0v) is 12.2. The van der Waals surface area contributed by atoms with Crippen LogP contribution in [0.25, 0.3) is 0 Å². The van der Waals surface area contributed by atoms with E-state index in [0.717, 1.165) is 17.9 Å². The van der Waals surface area contributed by atoms with E-state index in [-0.39, 0.29) is 18.2 Å². The minimum Gasteiger partial charge on any atom is -0.444 e. The number of amides is 1. The Hall–Kier alpha value is -1.22. The number of carbonyl (C=O) groups excluding carboxylic acids is 1. The lowest BCUT2D eigenvalue weighted by Gasteiger charge is -2.27. The molecule has 19 heavy (non-hydrogen) atoms. The Labute approximate surface area is 118 Å². The number of ether oxygens (including phenoxy) is 1. The third-order valence-electron chi connectivity index (χ3n) is 3.76. The molecule has 2 heterocycles. The van der Waals surface area contributed by atoms with Crippen LogP contribution in [-0.4, -0.2) is 16.6 Å². The van der Waals surface area contributed by atoms with Crippen LogP contribution in [0.2, 0.25) is 5.02 Å². The second-order valence-electron chi connectivity index (χ2n) is 6.27. The van der Waals surface area contributed by atoms with Crippen molar-refractivity contribution in [3.8, 4) is 0 Å². The van der Waals surface area contributed by atoms with Crippen LogP contribution in [0.5, 0.6) is 0 Å². The van der Waals surface area contributed by atoms with Crippen molar-refractivity contribution < 1.29 is 9.53 Å². The van der Waals surface area contributed by atoms with E-state index >= 15 is 0 Å². The van der Waals surface area contributed by atoms with E-state index in [0.29, 0.717) is 0 Å². The molecule has 0 N–H and O–H groups in total. The van der Waals surface area contributed by atoms with Crippen molar-refractivity contribution in [3.63, 3.8) is 0 Å². The topological polar surface area (TPSA) is 29.5 Å². The molecule has 3 nitrogen and oxygen atoms in total. The summed E-state index contributed by atoms with van der Waals surface area (Å²) in [6.07, 6.45) is 1.79. The Kier molecular flexibility index (Phi) is 2.79. The standard InChI is InChI=1S/C15H18ClNO2/c1-15(2,3)19-14(18)17-12-6-7-13(17)11-8-9(16)4-5-10(11)12/h4-5,8,12-13H,6-7H2,1-3H3. The van der Waals surface area contributed by atoms with E-state index in [9.17, 15) is 4.79 Å². The van der Waals surface area contributed by atoms with Gasteiger partial charge in [-0.3, -0.25) is 4.90 Å². The lowest BCUT2D eigenvalue weighted by Crippen LogP contribution is -2.34. The highest BCUT2D eigenvalue weighted by molar-refractivity contribution is 6.30. The monoisotopic (exact) mass is 279 g/mol. The molecule has 0 radical (unpaired) electrons. The van der Waals surface area contributed by atoms with Gasteiger partial charge in [0.25, 0.3) is 0 Å². The number of hydrogen-bond donors (Lipinski definition) is 0. The van der Waals surface area contributed by atoms with E-state index in [1.165, 1.54) is 11.1 Å². The van der Waals surface area contributed by atoms with E-state index in [1.807, 2.05) is 43.9 Å². The molecule has 2 unspecified atom stereocenters. The molecule has 0 aromatic heterocycles. The molecule has 1 aromatic carbocycles. The summed E-state index contributed by atoms with van der Waals surface area (Å²) in [5.74, 6) is 0. The van der Waals surface area contributed by atoms with Crippen LogP contribution in [0.3, 0.4) is 0 Å². The molecular weight excluding hydrogens is 262 g/mol. The van der Waals surface area contributed by atoms with Crippen molar-refractivity contribution in [1.82, 2.24) is 4.90 Å². The molecule has 1 saturated heterocycles. The number of nitrogens with zero attached hydrogens (tertiary/aromatic N) is 1. The maximum Gasteiger partial charge on any atom is 0.411 e. The molecule has 0 saturated carbocycles. The summed E-state index contributed by atoms with van der Waals surface area (Å²) in [7, 11) is 0. The number of halogens is 1. The van der Waals surface area contributed by atoms with Gasteiger partial charge in [-0.1, -0.05) is 17.7 Å². The van der Waals surface area contributed by atoms with Gasteiger partial charge >= 0.3 is 6.09 Å². The molecule has 1 amide bonds. The van der Waals surface area contributed by atoms with Crippen molar-refractivity contribution in [2.45, 2.75) is 51.3 Å². The Morgan fingerprint density at radius 1 is 1.26 bits per heavy atom. The highest BCUT2D eigenvalue weighted by atomic mass is 35.5. The summed E-state index contributed by atoms with van der Waals surface area (Å²) in [5.41, 5.74) is 1.96. The van der Waals surface area contributed by atoms with E-state index in [1.54, 1.807) is 0 Å². The summed E-state index contributed by atoms with van der Waals surface area (Å²) in [4.78, 5) is 14.2. The predicted molar refractivity (Wildman–Crippen MR) is 74.2 cm³/mol.